The Hall–Kier alpha value is -0.240. The molecule has 2 heterocycles. The molecule has 2 rings (SSSR count). The summed E-state index contributed by atoms with van der Waals surface area (Å²) in [6, 6.07) is 0. The molecule has 1 aliphatic rings. The van der Waals surface area contributed by atoms with Gasteiger partial charge in [0, 0.05) is 24.4 Å². The van der Waals surface area contributed by atoms with E-state index in [0.717, 1.165) is 40.0 Å². The molecule has 7 heteroatoms. The molecule has 22 heavy (non-hydrogen) atoms. The van der Waals surface area contributed by atoms with E-state index in [4.69, 9.17) is 4.84 Å². The molecule has 0 atom stereocenters. The van der Waals surface area contributed by atoms with Gasteiger partial charge >= 0.3 is 5.97 Å². The van der Waals surface area contributed by atoms with Crippen LogP contribution < -0.4 is 0 Å². The fourth-order valence-electron chi connectivity index (χ4n) is 2.11. The number of carbonyl (C=O) groups excluding carboxylic acids is 1. The molecule has 122 valence electrons. The SMILES string of the molecule is CC(C)(C)C(=O)ON1CCC(c2nc(C=C(Br)Br)cs2)CC1. The van der Waals surface area contributed by atoms with Gasteiger partial charge in [0.05, 0.1) is 19.5 Å². The Morgan fingerprint density at radius 3 is 2.59 bits per heavy atom. The molecule has 1 saturated heterocycles. The maximum atomic E-state index is 11.9. The zero-order valence-corrected chi connectivity index (χ0v) is 16.9. The van der Waals surface area contributed by atoms with Crippen molar-refractivity contribution in [2.45, 2.75) is 39.5 Å². The van der Waals surface area contributed by atoms with Gasteiger partial charge in [0.15, 0.2) is 0 Å². The zero-order valence-electron chi connectivity index (χ0n) is 12.9. The summed E-state index contributed by atoms with van der Waals surface area (Å²) in [4.78, 5) is 22.0. The highest BCUT2D eigenvalue weighted by molar-refractivity contribution is 9.28. The van der Waals surface area contributed by atoms with E-state index in [1.807, 2.05) is 26.8 Å². The van der Waals surface area contributed by atoms with Crippen LogP contribution in [0, 0.1) is 5.41 Å². The minimum atomic E-state index is -0.462. The van der Waals surface area contributed by atoms with Crippen LogP contribution in [0.15, 0.2) is 8.77 Å². The molecule has 1 aromatic heterocycles. The summed E-state index contributed by atoms with van der Waals surface area (Å²) in [7, 11) is 0. The lowest BCUT2D eigenvalue weighted by Gasteiger charge is -2.31. The Labute approximate surface area is 152 Å². The van der Waals surface area contributed by atoms with Crippen molar-refractivity contribution in [1.82, 2.24) is 10.0 Å². The molecule has 1 fully saturated rings. The monoisotopic (exact) mass is 450 g/mol. The highest BCUT2D eigenvalue weighted by Gasteiger charge is 2.29. The minimum Gasteiger partial charge on any atom is -0.367 e. The third-order valence-corrected chi connectivity index (χ3v) is 4.91. The number of rotatable bonds is 3. The van der Waals surface area contributed by atoms with Crippen LogP contribution in [0.5, 0.6) is 0 Å². The molecule has 0 saturated carbocycles. The highest BCUT2D eigenvalue weighted by Crippen LogP contribution is 2.32. The highest BCUT2D eigenvalue weighted by atomic mass is 79.9. The molecule has 0 bridgehead atoms. The quantitative estimate of drug-likeness (QED) is 0.654. The van der Waals surface area contributed by atoms with Crippen LogP contribution in [-0.4, -0.2) is 29.1 Å². The number of halogens is 2. The van der Waals surface area contributed by atoms with E-state index >= 15 is 0 Å². The summed E-state index contributed by atoms with van der Waals surface area (Å²) in [6.07, 6.45) is 3.87. The number of thiazole rings is 1. The number of hydroxylamine groups is 2. The third kappa shape index (κ3) is 5.15. The molecule has 0 unspecified atom stereocenters. The number of piperidine rings is 1. The smallest absolute Gasteiger partial charge is 0.330 e. The maximum absolute atomic E-state index is 11.9. The van der Waals surface area contributed by atoms with Gasteiger partial charge in [-0.1, -0.05) is 0 Å². The fraction of sp³-hybridized carbons (Fsp3) is 0.600. The normalized spacial score (nSPS) is 17.3. The second-order valence-corrected chi connectivity index (χ2v) is 10.0. The summed E-state index contributed by atoms with van der Waals surface area (Å²) < 4.78 is 0.890. The van der Waals surface area contributed by atoms with E-state index in [9.17, 15) is 4.79 Å². The van der Waals surface area contributed by atoms with Crippen LogP contribution in [0.1, 0.15) is 50.2 Å². The van der Waals surface area contributed by atoms with Crippen molar-refractivity contribution in [2.24, 2.45) is 5.41 Å². The molecule has 4 nitrogen and oxygen atoms in total. The van der Waals surface area contributed by atoms with Crippen LogP contribution in [0.4, 0.5) is 0 Å². The molecule has 0 spiro atoms. The summed E-state index contributed by atoms with van der Waals surface area (Å²) in [5.41, 5.74) is 0.501. The number of nitrogens with zero attached hydrogens (tertiary/aromatic N) is 2. The zero-order chi connectivity index (χ0) is 16.3. The van der Waals surface area contributed by atoms with E-state index in [0.29, 0.717) is 5.92 Å². The maximum Gasteiger partial charge on any atom is 0.330 e. The Bertz CT molecular complexity index is 554. The average molecular weight is 452 g/mol. The predicted molar refractivity (Wildman–Crippen MR) is 97.0 cm³/mol. The molecule has 0 radical (unpaired) electrons. The van der Waals surface area contributed by atoms with Crippen LogP contribution in [0.3, 0.4) is 0 Å². The predicted octanol–water partition coefficient (Wildman–Crippen LogP) is 4.92. The van der Waals surface area contributed by atoms with E-state index < -0.39 is 5.41 Å². The van der Waals surface area contributed by atoms with Crippen molar-refractivity contribution in [3.63, 3.8) is 0 Å². The van der Waals surface area contributed by atoms with Crippen LogP contribution in [0.2, 0.25) is 0 Å². The number of hydrogen-bond acceptors (Lipinski definition) is 5. The fourth-order valence-corrected chi connectivity index (χ4v) is 3.53. The molecule has 1 aliphatic heterocycles. The van der Waals surface area contributed by atoms with Crippen molar-refractivity contribution < 1.29 is 9.63 Å². The van der Waals surface area contributed by atoms with Gasteiger partial charge in [0.2, 0.25) is 0 Å². The molecular formula is C15H20Br2N2O2S. The average Bonchev–Trinajstić information content (AvgIpc) is 2.86. The van der Waals surface area contributed by atoms with Crippen molar-refractivity contribution >= 4 is 55.2 Å². The lowest BCUT2D eigenvalue weighted by Crippen LogP contribution is -2.38. The standard InChI is InChI=1S/C15H20Br2N2O2S/c1-15(2,3)14(20)21-19-6-4-10(5-7-19)13-18-11(9-22-13)8-12(16)17/h8-10H,4-7H2,1-3H3. The lowest BCUT2D eigenvalue weighted by atomic mass is 9.97. The van der Waals surface area contributed by atoms with Crippen LogP contribution in [0.25, 0.3) is 6.08 Å². The molecule has 0 amide bonds. The summed E-state index contributed by atoms with van der Waals surface area (Å²) in [5.74, 6) is 0.278. The molecule has 1 aromatic rings. The topological polar surface area (TPSA) is 42.4 Å². The summed E-state index contributed by atoms with van der Waals surface area (Å²) in [6.45, 7) is 7.14. The van der Waals surface area contributed by atoms with Crippen LogP contribution in [-0.2, 0) is 9.63 Å². The number of aromatic nitrogens is 1. The third-order valence-electron chi connectivity index (χ3n) is 3.42. The first-order valence-corrected chi connectivity index (χ1v) is 9.68. The van der Waals surface area contributed by atoms with Crippen molar-refractivity contribution in [3.05, 3.63) is 19.5 Å². The van der Waals surface area contributed by atoms with Crippen LogP contribution >= 0.6 is 43.2 Å². The second kappa shape index (κ2) is 7.55. The van der Waals surface area contributed by atoms with Gasteiger partial charge in [-0.15, -0.1) is 16.4 Å². The first-order chi connectivity index (χ1) is 10.3. The largest absolute Gasteiger partial charge is 0.367 e. The van der Waals surface area contributed by atoms with Gasteiger partial charge in [-0.25, -0.2) is 9.78 Å². The minimum absolute atomic E-state index is 0.171. The lowest BCUT2D eigenvalue weighted by molar-refractivity contribution is -0.204. The first kappa shape index (κ1) is 18.1. The summed E-state index contributed by atoms with van der Waals surface area (Å²) >= 11 is 8.39. The van der Waals surface area contributed by atoms with Gasteiger partial charge in [-0.2, -0.15) is 0 Å². The Kier molecular flexibility index (Phi) is 6.22. The van der Waals surface area contributed by atoms with Gasteiger partial charge < -0.3 is 4.84 Å². The van der Waals surface area contributed by atoms with Crippen molar-refractivity contribution in [1.29, 1.82) is 0 Å². The van der Waals surface area contributed by atoms with Gasteiger partial charge in [0.1, 0.15) is 0 Å². The van der Waals surface area contributed by atoms with E-state index in [-0.39, 0.29) is 5.97 Å². The Morgan fingerprint density at radius 2 is 2.05 bits per heavy atom. The van der Waals surface area contributed by atoms with E-state index in [1.165, 1.54) is 0 Å². The number of carbonyl (C=O) groups is 1. The van der Waals surface area contributed by atoms with Crippen molar-refractivity contribution in [3.8, 4) is 0 Å². The van der Waals surface area contributed by atoms with Gasteiger partial charge in [0.25, 0.3) is 0 Å². The summed E-state index contributed by atoms with van der Waals surface area (Å²) in [5, 5.41) is 5.01. The Morgan fingerprint density at radius 1 is 1.41 bits per heavy atom. The first-order valence-electron chi connectivity index (χ1n) is 7.21. The molecule has 0 N–H and O–H groups in total. The van der Waals surface area contributed by atoms with Gasteiger partial charge in [-0.3, -0.25) is 0 Å². The van der Waals surface area contributed by atoms with Crippen molar-refractivity contribution in [2.75, 3.05) is 13.1 Å². The van der Waals surface area contributed by atoms with Gasteiger partial charge in [-0.05, 0) is 71.5 Å². The second-order valence-electron chi connectivity index (χ2n) is 6.38. The van der Waals surface area contributed by atoms with E-state index in [2.05, 4.69) is 42.2 Å². The van der Waals surface area contributed by atoms with E-state index in [1.54, 1.807) is 16.4 Å². The molecular weight excluding hydrogens is 432 g/mol. The number of hydrogen-bond donors (Lipinski definition) is 0. The molecule has 0 aromatic carbocycles. The Balaban J connectivity index is 1.88. The molecule has 0 aliphatic carbocycles.